The molecule has 2 heterocycles. The van der Waals surface area contributed by atoms with E-state index in [9.17, 15) is 4.79 Å². The molecule has 2 aromatic carbocycles. The lowest BCUT2D eigenvalue weighted by Crippen LogP contribution is -3.30. The molecule has 1 amide bonds. The molecule has 0 aliphatic carbocycles. The molecule has 1 saturated heterocycles. The maximum absolute atomic E-state index is 13.3. The zero-order valence-corrected chi connectivity index (χ0v) is 17.6. The summed E-state index contributed by atoms with van der Waals surface area (Å²) in [7, 11) is 0. The number of carbonyl (C=O) groups is 1. The Bertz CT molecular complexity index is 855. The molecule has 29 heavy (non-hydrogen) atoms. The quantitative estimate of drug-likeness (QED) is 0.778. The first-order valence-electron chi connectivity index (χ1n) is 10.9. The number of hydrogen-bond acceptors (Lipinski definition) is 1. The summed E-state index contributed by atoms with van der Waals surface area (Å²) in [6, 6.07) is 19.1. The number of quaternary nitrogens is 2. The molecule has 2 N–H and O–H groups in total. The van der Waals surface area contributed by atoms with E-state index in [0.717, 1.165) is 44.8 Å². The third-order valence-electron chi connectivity index (χ3n) is 6.54. The summed E-state index contributed by atoms with van der Waals surface area (Å²) >= 11 is 0. The molecule has 0 bridgehead atoms. The maximum Gasteiger partial charge on any atom is 0.285 e. The van der Waals surface area contributed by atoms with Crippen molar-refractivity contribution in [1.29, 1.82) is 0 Å². The summed E-state index contributed by atoms with van der Waals surface area (Å²) in [6.07, 6.45) is 5.47. The van der Waals surface area contributed by atoms with Crippen molar-refractivity contribution in [3.8, 4) is 0 Å². The molecule has 2 aliphatic rings. The van der Waals surface area contributed by atoms with Crippen LogP contribution in [0.3, 0.4) is 0 Å². The van der Waals surface area contributed by atoms with Gasteiger partial charge in [0.15, 0.2) is 6.04 Å². The van der Waals surface area contributed by atoms with E-state index in [1.807, 2.05) is 6.07 Å². The van der Waals surface area contributed by atoms with Crippen molar-refractivity contribution in [1.82, 2.24) is 0 Å². The molecule has 0 radical (unpaired) electrons. The number of piperazine rings is 1. The molecule has 0 spiro atoms. The Kier molecular flexibility index (Phi) is 6.12. The Morgan fingerprint density at radius 3 is 2.52 bits per heavy atom. The largest absolute Gasteiger partial charge is 0.322 e. The summed E-state index contributed by atoms with van der Waals surface area (Å²) in [5.41, 5.74) is 3.68. The van der Waals surface area contributed by atoms with Gasteiger partial charge in [0, 0.05) is 11.7 Å². The predicted octanol–water partition coefficient (Wildman–Crippen LogP) is 0.850. The summed E-state index contributed by atoms with van der Waals surface area (Å²) < 4.78 is 0. The van der Waals surface area contributed by atoms with E-state index in [4.69, 9.17) is 0 Å². The zero-order valence-electron chi connectivity index (χ0n) is 17.6. The summed E-state index contributed by atoms with van der Waals surface area (Å²) in [5, 5.41) is 0. The van der Waals surface area contributed by atoms with Gasteiger partial charge in [0.1, 0.15) is 26.2 Å². The van der Waals surface area contributed by atoms with Crippen LogP contribution in [0, 0.1) is 0 Å². The van der Waals surface area contributed by atoms with Crippen molar-refractivity contribution in [2.75, 3.05) is 37.6 Å². The number of hydrogen-bond donors (Lipinski definition) is 2. The second-order valence-electron chi connectivity index (χ2n) is 8.54. The summed E-state index contributed by atoms with van der Waals surface area (Å²) in [4.78, 5) is 18.4. The topological polar surface area (TPSA) is 29.2 Å². The first kappa shape index (κ1) is 19.9. The summed E-state index contributed by atoms with van der Waals surface area (Å²) in [6.45, 7) is 9.71. The minimum atomic E-state index is 0.0185. The predicted molar refractivity (Wildman–Crippen MR) is 118 cm³/mol. The van der Waals surface area contributed by atoms with E-state index >= 15 is 0 Å². The number of carbonyl (C=O) groups excluding carboxylic acids is 1. The highest BCUT2D eigenvalue weighted by Gasteiger charge is 2.38. The average Bonchev–Trinajstić information content (AvgIpc) is 3.09. The van der Waals surface area contributed by atoms with Crippen LogP contribution >= 0.6 is 0 Å². The lowest BCUT2D eigenvalue weighted by molar-refractivity contribution is -1.02. The van der Waals surface area contributed by atoms with Crippen molar-refractivity contribution in [3.63, 3.8) is 0 Å². The van der Waals surface area contributed by atoms with E-state index in [1.54, 1.807) is 4.90 Å². The second kappa shape index (κ2) is 8.93. The Hall–Kier alpha value is -2.43. The van der Waals surface area contributed by atoms with Crippen LogP contribution in [0.25, 0.3) is 6.08 Å². The molecule has 0 aromatic heterocycles. The van der Waals surface area contributed by atoms with Crippen LogP contribution < -0.4 is 14.7 Å². The number of fused-ring (bicyclic) bond motifs is 1. The highest BCUT2D eigenvalue weighted by Crippen LogP contribution is 2.32. The van der Waals surface area contributed by atoms with Crippen molar-refractivity contribution in [3.05, 3.63) is 71.8 Å². The number of rotatable bonds is 5. The lowest BCUT2D eigenvalue weighted by Gasteiger charge is -2.34. The SMILES string of the molecule is C[C@H](C(=O)N1c2ccccc2C[C@@H]1C)[NH+]1CC[NH+](C/C=C/c2ccccc2)CC1. The molecular formula is C25H33N3O+2. The van der Waals surface area contributed by atoms with Gasteiger partial charge in [-0.3, -0.25) is 4.79 Å². The van der Waals surface area contributed by atoms with Gasteiger partial charge in [0.05, 0.1) is 6.54 Å². The smallest absolute Gasteiger partial charge is 0.285 e. The molecular weight excluding hydrogens is 358 g/mol. The van der Waals surface area contributed by atoms with Crippen molar-refractivity contribution < 1.29 is 14.6 Å². The standard InChI is InChI=1S/C25H31N3O/c1-20-19-23-12-6-7-13-24(23)28(20)25(29)21(2)27-17-15-26(16-18-27)14-8-11-22-9-4-3-5-10-22/h3-13,20-21H,14-19H2,1-2H3/p+2/b11-8+/t20-,21+/m0/s1. The van der Waals surface area contributed by atoms with Gasteiger partial charge >= 0.3 is 0 Å². The third kappa shape index (κ3) is 4.44. The minimum Gasteiger partial charge on any atom is -0.322 e. The number of anilines is 1. The molecule has 0 unspecified atom stereocenters. The molecule has 152 valence electrons. The number of nitrogens with one attached hydrogen (secondary N) is 2. The van der Waals surface area contributed by atoms with Gasteiger partial charge in [-0.05, 0) is 43.5 Å². The molecule has 0 saturated carbocycles. The molecule has 2 atom stereocenters. The lowest BCUT2D eigenvalue weighted by atomic mass is 10.1. The van der Waals surface area contributed by atoms with Crippen molar-refractivity contribution in [2.45, 2.75) is 32.4 Å². The molecule has 2 aliphatic heterocycles. The van der Waals surface area contributed by atoms with Gasteiger partial charge in [-0.25, -0.2) is 0 Å². The van der Waals surface area contributed by atoms with Gasteiger partial charge in [0.2, 0.25) is 0 Å². The van der Waals surface area contributed by atoms with Crippen LogP contribution in [0.4, 0.5) is 5.69 Å². The van der Waals surface area contributed by atoms with E-state index in [0.29, 0.717) is 0 Å². The van der Waals surface area contributed by atoms with Crippen LogP contribution in [0.15, 0.2) is 60.7 Å². The fourth-order valence-electron chi connectivity index (χ4n) is 4.77. The molecule has 4 rings (SSSR count). The van der Waals surface area contributed by atoms with Gasteiger partial charge < -0.3 is 14.7 Å². The Morgan fingerprint density at radius 1 is 1.07 bits per heavy atom. The van der Waals surface area contributed by atoms with Crippen LogP contribution in [-0.2, 0) is 11.2 Å². The summed E-state index contributed by atoms with van der Waals surface area (Å²) in [5.74, 6) is 0.282. The fraction of sp³-hybridized carbons (Fsp3) is 0.400. The number of nitrogens with zero attached hydrogens (tertiary/aromatic N) is 1. The minimum absolute atomic E-state index is 0.0185. The molecule has 4 heteroatoms. The highest BCUT2D eigenvalue weighted by atomic mass is 16.2. The molecule has 1 fully saturated rings. The number of benzene rings is 2. The second-order valence-corrected chi connectivity index (χ2v) is 8.54. The van der Waals surface area contributed by atoms with E-state index < -0.39 is 0 Å². The van der Waals surface area contributed by atoms with E-state index in [1.165, 1.54) is 16.0 Å². The average molecular weight is 392 g/mol. The fourth-order valence-corrected chi connectivity index (χ4v) is 4.77. The maximum atomic E-state index is 13.3. The zero-order chi connectivity index (χ0) is 20.2. The van der Waals surface area contributed by atoms with Crippen LogP contribution in [0.2, 0.25) is 0 Å². The Balaban J connectivity index is 1.30. The Labute approximate surface area is 174 Å². The van der Waals surface area contributed by atoms with Crippen LogP contribution in [0.1, 0.15) is 25.0 Å². The number of amides is 1. The monoisotopic (exact) mass is 391 g/mol. The van der Waals surface area contributed by atoms with Crippen molar-refractivity contribution >= 4 is 17.7 Å². The van der Waals surface area contributed by atoms with Crippen LogP contribution in [0.5, 0.6) is 0 Å². The van der Waals surface area contributed by atoms with E-state index in [-0.39, 0.29) is 18.0 Å². The van der Waals surface area contributed by atoms with Gasteiger partial charge in [-0.15, -0.1) is 0 Å². The first-order chi connectivity index (χ1) is 14.1. The number of para-hydroxylation sites is 1. The molecule has 4 nitrogen and oxygen atoms in total. The van der Waals surface area contributed by atoms with Crippen molar-refractivity contribution in [2.24, 2.45) is 0 Å². The van der Waals surface area contributed by atoms with Crippen LogP contribution in [-0.4, -0.2) is 50.7 Å². The van der Waals surface area contributed by atoms with E-state index in [2.05, 4.69) is 79.4 Å². The normalized spacial score (nSPS) is 25.2. The van der Waals surface area contributed by atoms with Gasteiger partial charge in [-0.2, -0.15) is 0 Å². The third-order valence-corrected chi connectivity index (χ3v) is 6.54. The first-order valence-corrected chi connectivity index (χ1v) is 10.9. The molecule has 2 aromatic rings. The Morgan fingerprint density at radius 2 is 1.76 bits per heavy atom. The highest BCUT2D eigenvalue weighted by molar-refractivity contribution is 5.98. The van der Waals surface area contributed by atoms with Gasteiger partial charge in [-0.1, -0.05) is 54.6 Å². The van der Waals surface area contributed by atoms with Gasteiger partial charge in [0.25, 0.3) is 5.91 Å².